The molecule has 2 bridgehead atoms. The molecule has 40 heavy (non-hydrogen) atoms. The molecule has 2 aliphatic heterocycles. The molecule has 1 spiro atoms. The highest BCUT2D eigenvalue weighted by atomic mass is 16.6. The van der Waals surface area contributed by atoms with Gasteiger partial charge in [0.1, 0.15) is 11.5 Å². The molecule has 0 saturated carbocycles. The molecular weight excluding hydrogens is 518 g/mol. The third kappa shape index (κ3) is 3.85. The number of aliphatic hydroxyl groups excluding tert-OH is 1. The lowest BCUT2D eigenvalue weighted by atomic mass is 9.50. The molecule has 2 aliphatic carbocycles. The quantitative estimate of drug-likeness (QED) is 0.419. The summed E-state index contributed by atoms with van der Waals surface area (Å²) in [5.74, 6) is -2.04. The predicted molar refractivity (Wildman–Crippen MR) is 139 cm³/mol. The SMILES string of the molecule is CN1CCC23c4c5ccc(CO)c4OC2C(OC(=O)CCC(=O)O[C@H](C(=O)O)c2ccccc2)=CC[C@@]3(O)[C@H]1C5. The average Bonchev–Trinajstić information content (AvgIpc) is 3.30. The summed E-state index contributed by atoms with van der Waals surface area (Å²) in [6.07, 6.45) is 0.226. The number of carboxylic acids is 1. The third-order valence-electron chi connectivity index (χ3n) is 8.97. The number of benzene rings is 2. The molecule has 2 unspecified atom stereocenters. The number of aliphatic carboxylic acids is 1. The van der Waals surface area contributed by atoms with Crippen LogP contribution in [0.25, 0.3) is 0 Å². The molecule has 4 aliphatic rings. The van der Waals surface area contributed by atoms with Gasteiger partial charge in [0.25, 0.3) is 0 Å². The predicted octanol–water partition coefficient (Wildman–Crippen LogP) is 2.15. The van der Waals surface area contributed by atoms with Crippen LogP contribution in [0.2, 0.25) is 0 Å². The van der Waals surface area contributed by atoms with E-state index in [1.54, 1.807) is 36.4 Å². The Labute approximate surface area is 230 Å². The number of carbonyl (C=O) groups excluding carboxylic acids is 2. The van der Waals surface area contributed by atoms with Crippen molar-refractivity contribution in [2.24, 2.45) is 0 Å². The molecule has 0 amide bonds. The van der Waals surface area contributed by atoms with Gasteiger partial charge in [-0.2, -0.15) is 0 Å². The summed E-state index contributed by atoms with van der Waals surface area (Å²) in [7, 11) is 2.00. The van der Waals surface area contributed by atoms with E-state index in [9.17, 15) is 29.7 Å². The first kappa shape index (κ1) is 26.5. The summed E-state index contributed by atoms with van der Waals surface area (Å²) in [6, 6.07) is 11.8. The summed E-state index contributed by atoms with van der Waals surface area (Å²) in [4.78, 5) is 39.1. The van der Waals surface area contributed by atoms with Gasteiger partial charge in [-0.1, -0.05) is 42.5 Å². The normalized spacial score (nSPS) is 28.5. The molecule has 1 fully saturated rings. The largest absolute Gasteiger partial charge is 0.481 e. The Morgan fingerprint density at radius 3 is 2.60 bits per heavy atom. The topological polar surface area (TPSA) is 143 Å². The van der Waals surface area contributed by atoms with Crippen LogP contribution in [0.15, 0.2) is 54.3 Å². The molecule has 3 N–H and O–H groups in total. The Kier molecular flexibility index (Phi) is 6.44. The molecule has 2 aromatic rings. The van der Waals surface area contributed by atoms with Crippen molar-refractivity contribution in [2.75, 3.05) is 13.6 Å². The summed E-state index contributed by atoms with van der Waals surface area (Å²) in [6.45, 7) is 0.489. The van der Waals surface area contributed by atoms with Gasteiger partial charge in [0.15, 0.2) is 6.10 Å². The Morgan fingerprint density at radius 1 is 1.12 bits per heavy atom. The molecule has 6 rings (SSSR count). The van der Waals surface area contributed by atoms with E-state index in [1.165, 1.54) is 0 Å². The monoisotopic (exact) mass is 549 g/mol. The van der Waals surface area contributed by atoms with Crippen LogP contribution in [0.4, 0.5) is 0 Å². The Bertz CT molecular complexity index is 1410. The first-order chi connectivity index (χ1) is 19.2. The third-order valence-corrected chi connectivity index (χ3v) is 8.97. The van der Waals surface area contributed by atoms with E-state index in [0.717, 1.165) is 11.1 Å². The van der Waals surface area contributed by atoms with Crippen LogP contribution < -0.4 is 4.74 Å². The van der Waals surface area contributed by atoms with Crippen molar-refractivity contribution in [3.63, 3.8) is 0 Å². The molecule has 2 aromatic carbocycles. The van der Waals surface area contributed by atoms with Crippen molar-refractivity contribution < 1.29 is 43.9 Å². The van der Waals surface area contributed by atoms with Gasteiger partial charge in [0.2, 0.25) is 6.10 Å². The fourth-order valence-corrected chi connectivity index (χ4v) is 7.10. The van der Waals surface area contributed by atoms with E-state index >= 15 is 0 Å². The zero-order chi connectivity index (χ0) is 28.2. The summed E-state index contributed by atoms with van der Waals surface area (Å²) in [5.41, 5.74) is 0.876. The lowest BCUT2D eigenvalue weighted by molar-refractivity contribution is -0.170. The van der Waals surface area contributed by atoms with E-state index in [1.807, 2.05) is 19.2 Å². The second-order valence-corrected chi connectivity index (χ2v) is 11.0. The molecule has 1 saturated heterocycles. The number of ether oxygens (including phenoxy) is 3. The van der Waals surface area contributed by atoms with Crippen molar-refractivity contribution in [1.29, 1.82) is 0 Å². The maximum absolute atomic E-state index is 12.9. The zero-order valence-corrected chi connectivity index (χ0v) is 22.0. The number of likely N-dealkylation sites (N-methyl/N-ethyl adjacent to an activating group) is 1. The number of aliphatic hydroxyl groups is 2. The zero-order valence-electron chi connectivity index (χ0n) is 22.0. The number of esters is 2. The summed E-state index contributed by atoms with van der Waals surface area (Å²) < 4.78 is 17.3. The van der Waals surface area contributed by atoms with Crippen molar-refractivity contribution in [3.05, 3.63) is 76.6 Å². The molecule has 2 heterocycles. The number of rotatable bonds is 8. The molecule has 0 aromatic heterocycles. The van der Waals surface area contributed by atoms with Crippen LogP contribution in [-0.2, 0) is 42.3 Å². The van der Waals surface area contributed by atoms with E-state index in [0.29, 0.717) is 36.3 Å². The van der Waals surface area contributed by atoms with Crippen LogP contribution in [0, 0.1) is 0 Å². The second-order valence-electron chi connectivity index (χ2n) is 11.0. The van der Waals surface area contributed by atoms with Crippen LogP contribution in [0.1, 0.15) is 54.0 Å². The van der Waals surface area contributed by atoms with Crippen molar-refractivity contribution in [1.82, 2.24) is 4.90 Å². The smallest absolute Gasteiger partial charge is 0.349 e. The van der Waals surface area contributed by atoms with E-state index in [-0.39, 0.29) is 37.7 Å². The van der Waals surface area contributed by atoms with E-state index in [2.05, 4.69) is 4.90 Å². The first-order valence-electron chi connectivity index (χ1n) is 13.4. The van der Waals surface area contributed by atoms with Gasteiger partial charge < -0.3 is 34.4 Å². The van der Waals surface area contributed by atoms with Gasteiger partial charge in [-0.3, -0.25) is 9.59 Å². The highest BCUT2D eigenvalue weighted by molar-refractivity contribution is 5.82. The number of likely N-dealkylation sites (tertiary alicyclic amines) is 1. The van der Waals surface area contributed by atoms with Gasteiger partial charge in [-0.25, -0.2) is 4.79 Å². The fraction of sp³-hybridized carbons (Fsp3) is 0.433. The molecule has 5 atom stereocenters. The minimum absolute atomic E-state index is 0.152. The number of carbonyl (C=O) groups is 3. The van der Waals surface area contributed by atoms with Crippen LogP contribution >= 0.6 is 0 Å². The average molecular weight is 550 g/mol. The Morgan fingerprint density at radius 2 is 1.88 bits per heavy atom. The number of piperidine rings is 1. The highest BCUT2D eigenvalue weighted by Gasteiger charge is 2.71. The van der Waals surface area contributed by atoms with Crippen LogP contribution in [0.3, 0.4) is 0 Å². The number of hydrogen-bond donors (Lipinski definition) is 3. The minimum atomic E-state index is -1.48. The lowest BCUT2D eigenvalue weighted by Crippen LogP contribution is -2.74. The van der Waals surface area contributed by atoms with Crippen LogP contribution in [-0.4, -0.2) is 69.5 Å². The van der Waals surface area contributed by atoms with Crippen LogP contribution in [0.5, 0.6) is 5.75 Å². The molecular formula is C30H31NO9. The standard InChI is InChI=1S/C30H31NO9/c1-31-14-13-29-24-18-7-8-19(16-32)25(24)40-27(29)20(11-12-30(29,37)21(31)15-18)38-22(33)9-10-23(34)39-26(28(35)36)17-5-3-2-4-6-17/h2-8,11,21,26-27,32,37H,9-10,12-16H2,1H3,(H,35,36)/t21-,26+,27?,29?,30-/m1/s1. The molecule has 210 valence electrons. The number of nitrogens with zero attached hydrogens (tertiary/aromatic N) is 1. The molecule has 0 radical (unpaired) electrons. The van der Waals surface area contributed by atoms with Crippen molar-refractivity contribution in [2.45, 2.75) is 68.0 Å². The van der Waals surface area contributed by atoms with E-state index < -0.39 is 41.1 Å². The van der Waals surface area contributed by atoms with Gasteiger partial charge in [-0.15, -0.1) is 0 Å². The minimum Gasteiger partial charge on any atom is -0.481 e. The fourth-order valence-electron chi connectivity index (χ4n) is 7.10. The Hall–Kier alpha value is -3.73. The number of carboxylic acid groups (broad SMARTS) is 1. The lowest BCUT2D eigenvalue weighted by Gasteiger charge is -2.61. The summed E-state index contributed by atoms with van der Waals surface area (Å²) >= 11 is 0. The van der Waals surface area contributed by atoms with Gasteiger partial charge in [0.05, 0.1) is 30.5 Å². The number of hydrogen-bond acceptors (Lipinski definition) is 9. The summed E-state index contributed by atoms with van der Waals surface area (Å²) in [5, 5.41) is 31.7. The first-order valence-corrected chi connectivity index (χ1v) is 13.4. The second kappa shape index (κ2) is 9.72. The maximum atomic E-state index is 12.9. The van der Waals surface area contributed by atoms with Gasteiger partial charge >= 0.3 is 17.9 Å². The highest BCUT2D eigenvalue weighted by Crippen LogP contribution is 2.64. The molecule has 10 nitrogen and oxygen atoms in total. The van der Waals surface area contributed by atoms with Crippen molar-refractivity contribution >= 4 is 17.9 Å². The van der Waals surface area contributed by atoms with Gasteiger partial charge in [-0.05, 0) is 38.1 Å². The van der Waals surface area contributed by atoms with Gasteiger partial charge in [0, 0.05) is 29.2 Å². The van der Waals surface area contributed by atoms with Crippen molar-refractivity contribution in [3.8, 4) is 5.75 Å². The maximum Gasteiger partial charge on any atom is 0.349 e. The van der Waals surface area contributed by atoms with E-state index in [4.69, 9.17) is 14.2 Å². The molecule has 10 heteroatoms. The Balaban J connectivity index is 1.20.